The van der Waals surface area contributed by atoms with Crippen molar-refractivity contribution in [1.29, 1.82) is 0 Å². The van der Waals surface area contributed by atoms with Crippen molar-refractivity contribution in [2.24, 2.45) is 0 Å². The van der Waals surface area contributed by atoms with Crippen molar-refractivity contribution in [2.75, 3.05) is 5.73 Å². The lowest BCUT2D eigenvalue weighted by Gasteiger charge is -2.09. The van der Waals surface area contributed by atoms with Crippen molar-refractivity contribution in [2.45, 2.75) is 6.18 Å². The second kappa shape index (κ2) is 3.94. The van der Waals surface area contributed by atoms with E-state index in [1.807, 2.05) is 0 Å². The Labute approximate surface area is 98.4 Å². The van der Waals surface area contributed by atoms with Crippen LogP contribution in [-0.4, -0.2) is 5.11 Å². The van der Waals surface area contributed by atoms with Crippen molar-refractivity contribution in [1.82, 2.24) is 0 Å². The number of rotatable bonds is 1. The third-order valence-electron chi connectivity index (χ3n) is 2.36. The minimum Gasteiger partial charge on any atom is -0.504 e. The van der Waals surface area contributed by atoms with Gasteiger partial charge in [-0.1, -0.05) is 0 Å². The highest BCUT2D eigenvalue weighted by atomic mass is 19.4. The predicted octanol–water partition coefficient (Wildman–Crippen LogP) is 3.39. The van der Waals surface area contributed by atoms with Crippen molar-refractivity contribution in [3.05, 3.63) is 35.8 Å². The van der Waals surface area contributed by atoms with E-state index in [2.05, 4.69) is 4.42 Å². The van der Waals surface area contributed by atoms with Crippen LogP contribution in [0.25, 0.3) is 11.1 Å². The maximum atomic E-state index is 13.5. The summed E-state index contributed by atoms with van der Waals surface area (Å²) in [5.41, 5.74) is 3.53. The molecule has 0 bridgehead atoms. The molecule has 0 aliphatic heterocycles. The van der Waals surface area contributed by atoms with Crippen LogP contribution in [0.4, 0.5) is 23.4 Å². The van der Waals surface area contributed by atoms with E-state index >= 15 is 0 Å². The Hall–Kier alpha value is -2.18. The average molecular weight is 261 g/mol. The van der Waals surface area contributed by atoms with Gasteiger partial charge in [-0.25, -0.2) is 4.39 Å². The summed E-state index contributed by atoms with van der Waals surface area (Å²) >= 11 is 0. The summed E-state index contributed by atoms with van der Waals surface area (Å²) in [5.74, 6) is -1.82. The fraction of sp³-hybridized carbons (Fsp3) is 0.0909. The lowest BCUT2D eigenvalue weighted by atomic mass is 10.0. The third kappa shape index (κ3) is 1.99. The fourth-order valence-electron chi connectivity index (χ4n) is 1.53. The van der Waals surface area contributed by atoms with Crippen LogP contribution in [0.15, 0.2) is 28.9 Å². The molecule has 3 N–H and O–H groups in total. The first-order valence-corrected chi connectivity index (χ1v) is 4.73. The fourth-order valence-corrected chi connectivity index (χ4v) is 1.53. The van der Waals surface area contributed by atoms with E-state index in [1.54, 1.807) is 0 Å². The van der Waals surface area contributed by atoms with Crippen LogP contribution < -0.4 is 5.73 Å². The minimum atomic E-state index is -4.61. The molecule has 18 heavy (non-hydrogen) atoms. The van der Waals surface area contributed by atoms with Crippen LogP contribution >= 0.6 is 0 Å². The molecular weight excluding hydrogens is 254 g/mol. The first kappa shape index (κ1) is 12.3. The number of halogens is 4. The van der Waals surface area contributed by atoms with Gasteiger partial charge in [0.05, 0.1) is 11.1 Å². The van der Waals surface area contributed by atoms with E-state index in [1.165, 1.54) is 0 Å². The van der Waals surface area contributed by atoms with Crippen molar-refractivity contribution in [3.63, 3.8) is 0 Å². The maximum absolute atomic E-state index is 13.5. The lowest BCUT2D eigenvalue weighted by molar-refractivity contribution is -0.137. The van der Waals surface area contributed by atoms with Gasteiger partial charge in [-0.15, -0.1) is 0 Å². The molecule has 0 radical (unpaired) electrons. The number of aromatic hydroxyl groups is 1. The molecule has 0 aliphatic rings. The standard InChI is InChI=1S/C11H7F4NO2/c12-7-2-1-5(11(13,14)15)3-6(7)9-8(17)4-18-10(9)16/h1-4,17H,16H2. The van der Waals surface area contributed by atoms with Gasteiger partial charge in [0.25, 0.3) is 0 Å². The number of furan rings is 1. The Morgan fingerprint density at radius 3 is 2.39 bits per heavy atom. The monoisotopic (exact) mass is 261 g/mol. The van der Waals surface area contributed by atoms with E-state index in [0.29, 0.717) is 18.2 Å². The zero-order chi connectivity index (χ0) is 13.5. The van der Waals surface area contributed by atoms with Crippen LogP contribution in [0.3, 0.4) is 0 Å². The van der Waals surface area contributed by atoms with Crippen LogP contribution in [0, 0.1) is 5.82 Å². The summed E-state index contributed by atoms with van der Waals surface area (Å²) in [4.78, 5) is 0. The molecular formula is C11H7F4NO2. The molecule has 7 heteroatoms. The third-order valence-corrected chi connectivity index (χ3v) is 2.36. The Morgan fingerprint density at radius 1 is 1.22 bits per heavy atom. The topological polar surface area (TPSA) is 59.4 Å². The number of hydrogen-bond donors (Lipinski definition) is 2. The Kier molecular flexibility index (Phi) is 2.68. The Bertz CT molecular complexity index is 570. The van der Waals surface area contributed by atoms with Gasteiger partial charge in [-0.05, 0) is 18.2 Å². The normalized spacial score (nSPS) is 11.8. The summed E-state index contributed by atoms with van der Waals surface area (Å²) < 4.78 is 55.6. The van der Waals surface area contributed by atoms with E-state index in [-0.39, 0.29) is 11.4 Å². The predicted molar refractivity (Wildman–Crippen MR) is 55.2 cm³/mol. The number of alkyl halides is 3. The molecule has 0 fully saturated rings. The molecule has 1 aromatic heterocycles. The average Bonchev–Trinajstić information content (AvgIpc) is 2.58. The first-order valence-electron chi connectivity index (χ1n) is 4.73. The smallest absolute Gasteiger partial charge is 0.416 e. The Morgan fingerprint density at radius 2 is 1.89 bits per heavy atom. The largest absolute Gasteiger partial charge is 0.504 e. The molecule has 2 aromatic rings. The van der Waals surface area contributed by atoms with Gasteiger partial charge in [-0.3, -0.25) is 0 Å². The second-order valence-corrected chi connectivity index (χ2v) is 3.55. The van der Waals surface area contributed by atoms with E-state index < -0.39 is 28.9 Å². The van der Waals surface area contributed by atoms with E-state index in [4.69, 9.17) is 5.73 Å². The first-order chi connectivity index (χ1) is 8.30. The van der Waals surface area contributed by atoms with Gasteiger partial charge in [-0.2, -0.15) is 13.2 Å². The number of anilines is 1. The zero-order valence-electron chi connectivity index (χ0n) is 8.75. The molecule has 3 nitrogen and oxygen atoms in total. The highest BCUT2D eigenvalue weighted by Gasteiger charge is 2.32. The molecule has 2 rings (SSSR count). The number of hydrogen-bond acceptors (Lipinski definition) is 3. The quantitative estimate of drug-likeness (QED) is 0.773. The maximum Gasteiger partial charge on any atom is 0.416 e. The van der Waals surface area contributed by atoms with Gasteiger partial charge >= 0.3 is 6.18 Å². The number of nitrogen functional groups attached to an aromatic ring is 1. The van der Waals surface area contributed by atoms with E-state index in [9.17, 15) is 22.7 Å². The van der Waals surface area contributed by atoms with Gasteiger partial charge in [0.1, 0.15) is 12.1 Å². The number of benzene rings is 1. The Balaban J connectivity index is 2.65. The molecule has 96 valence electrons. The molecule has 0 unspecified atom stereocenters. The highest BCUT2D eigenvalue weighted by Crippen LogP contribution is 2.40. The summed E-state index contributed by atoms with van der Waals surface area (Å²) in [6, 6.07) is 1.83. The van der Waals surface area contributed by atoms with Crippen LogP contribution in [0.5, 0.6) is 5.75 Å². The number of nitrogens with two attached hydrogens (primary N) is 1. The van der Waals surface area contributed by atoms with Gasteiger partial charge in [0, 0.05) is 5.56 Å². The second-order valence-electron chi connectivity index (χ2n) is 3.55. The molecule has 1 aromatic carbocycles. The minimum absolute atomic E-state index is 0.293. The summed E-state index contributed by atoms with van der Waals surface area (Å²) in [5, 5.41) is 9.38. The summed E-state index contributed by atoms with van der Waals surface area (Å²) in [7, 11) is 0. The molecule has 0 saturated heterocycles. The molecule has 0 atom stereocenters. The van der Waals surface area contributed by atoms with Crippen molar-refractivity contribution in [3.8, 4) is 16.9 Å². The van der Waals surface area contributed by atoms with Crippen LogP contribution in [-0.2, 0) is 6.18 Å². The summed E-state index contributed by atoms with van der Waals surface area (Å²) in [6.45, 7) is 0. The van der Waals surface area contributed by atoms with Crippen molar-refractivity contribution >= 4 is 5.88 Å². The van der Waals surface area contributed by atoms with Crippen molar-refractivity contribution < 1.29 is 27.1 Å². The summed E-state index contributed by atoms with van der Waals surface area (Å²) in [6.07, 6.45) is -3.79. The molecule has 0 amide bonds. The molecule has 0 saturated carbocycles. The zero-order valence-corrected chi connectivity index (χ0v) is 8.75. The van der Waals surface area contributed by atoms with E-state index in [0.717, 1.165) is 6.26 Å². The van der Waals surface area contributed by atoms with Gasteiger partial charge in [0.2, 0.25) is 5.88 Å². The highest BCUT2D eigenvalue weighted by molar-refractivity contribution is 5.79. The van der Waals surface area contributed by atoms with Crippen LogP contribution in [0.1, 0.15) is 5.56 Å². The van der Waals surface area contributed by atoms with Crippen LogP contribution in [0.2, 0.25) is 0 Å². The molecule has 1 heterocycles. The lowest BCUT2D eigenvalue weighted by Crippen LogP contribution is -2.05. The van der Waals surface area contributed by atoms with Gasteiger partial charge in [0.15, 0.2) is 5.75 Å². The van der Waals surface area contributed by atoms with Gasteiger partial charge < -0.3 is 15.3 Å². The molecule has 0 spiro atoms. The SMILES string of the molecule is Nc1occ(O)c1-c1cc(C(F)(F)F)ccc1F. The molecule has 0 aliphatic carbocycles.